The van der Waals surface area contributed by atoms with Crippen LogP contribution in [0, 0.1) is 5.41 Å². The van der Waals surface area contributed by atoms with Crippen LogP contribution < -0.4 is 5.32 Å². The molecule has 1 aromatic rings. The summed E-state index contributed by atoms with van der Waals surface area (Å²) in [5.74, 6) is 0. The summed E-state index contributed by atoms with van der Waals surface area (Å²) in [6, 6.07) is 8.24. The maximum atomic E-state index is 6.06. The lowest BCUT2D eigenvalue weighted by Crippen LogP contribution is -2.49. The van der Waals surface area contributed by atoms with Gasteiger partial charge in [0, 0.05) is 50.8 Å². The van der Waals surface area contributed by atoms with E-state index in [4.69, 9.17) is 11.6 Å². The third-order valence-corrected chi connectivity index (χ3v) is 5.06. The topological polar surface area (TPSA) is 18.5 Å². The molecule has 2 fully saturated rings. The normalized spacial score (nSPS) is 26.8. The Morgan fingerprint density at radius 2 is 1.91 bits per heavy atom. The van der Waals surface area contributed by atoms with Crippen molar-refractivity contribution in [3.63, 3.8) is 0 Å². The Bertz CT molecular complexity index is 467. The predicted octanol–water partition coefficient (Wildman–Crippen LogP) is 2.88. The van der Waals surface area contributed by atoms with Crippen molar-refractivity contribution in [2.24, 2.45) is 5.41 Å². The quantitative estimate of drug-likeness (QED) is 0.906. The van der Waals surface area contributed by atoms with Crippen molar-refractivity contribution in [2.45, 2.75) is 19.9 Å². The zero-order chi connectivity index (χ0) is 14.7. The standard InChI is InChI=1S/C17H26ClN3.ClH/c1-17(5-6-19-13-17)14-21-9-7-20(8-10-21)12-15-3-2-4-16(18)11-15;/h2-4,11,19H,5-10,12-14H2,1H3;1H. The molecule has 0 amide bonds. The van der Waals surface area contributed by atoms with Crippen LogP contribution in [-0.4, -0.2) is 55.6 Å². The molecule has 2 aliphatic rings. The molecule has 1 N–H and O–H groups in total. The van der Waals surface area contributed by atoms with E-state index in [1.165, 1.54) is 44.7 Å². The fourth-order valence-corrected chi connectivity index (χ4v) is 3.76. The molecule has 22 heavy (non-hydrogen) atoms. The van der Waals surface area contributed by atoms with E-state index in [9.17, 15) is 0 Å². The van der Waals surface area contributed by atoms with Crippen LogP contribution in [0.5, 0.6) is 0 Å². The van der Waals surface area contributed by atoms with Gasteiger partial charge < -0.3 is 10.2 Å². The SMILES string of the molecule is CC1(CN2CCN(Cc3cccc(Cl)c3)CC2)CCNC1.Cl. The molecule has 2 aliphatic heterocycles. The average molecular weight is 344 g/mol. The van der Waals surface area contributed by atoms with Gasteiger partial charge in [0.15, 0.2) is 0 Å². The fraction of sp³-hybridized carbons (Fsp3) is 0.647. The monoisotopic (exact) mass is 343 g/mol. The second kappa shape index (κ2) is 7.98. The van der Waals surface area contributed by atoms with Gasteiger partial charge in [0.2, 0.25) is 0 Å². The van der Waals surface area contributed by atoms with Gasteiger partial charge in [0.25, 0.3) is 0 Å². The van der Waals surface area contributed by atoms with E-state index in [1.54, 1.807) is 0 Å². The molecule has 2 heterocycles. The van der Waals surface area contributed by atoms with Crippen LogP contribution in [-0.2, 0) is 6.54 Å². The Labute approximate surface area is 145 Å². The molecule has 3 nitrogen and oxygen atoms in total. The van der Waals surface area contributed by atoms with Crippen LogP contribution in [0.15, 0.2) is 24.3 Å². The van der Waals surface area contributed by atoms with E-state index in [1.807, 2.05) is 12.1 Å². The first-order valence-corrected chi connectivity index (χ1v) is 8.41. The van der Waals surface area contributed by atoms with Crippen molar-refractivity contribution >= 4 is 24.0 Å². The maximum Gasteiger partial charge on any atom is 0.0409 e. The molecule has 1 atom stereocenters. The van der Waals surface area contributed by atoms with Gasteiger partial charge in [0.1, 0.15) is 0 Å². The smallest absolute Gasteiger partial charge is 0.0409 e. The highest BCUT2D eigenvalue weighted by Crippen LogP contribution is 2.26. The summed E-state index contributed by atoms with van der Waals surface area (Å²) in [5.41, 5.74) is 1.80. The second-order valence-electron chi connectivity index (χ2n) is 6.92. The van der Waals surface area contributed by atoms with Crippen LogP contribution in [0.25, 0.3) is 0 Å². The lowest BCUT2D eigenvalue weighted by atomic mass is 9.89. The number of hydrogen-bond donors (Lipinski definition) is 1. The van der Waals surface area contributed by atoms with E-state index in [0.717, 1.165) is 24.7 Å². The third kappa shape index (κ3) is 4.84. The van der Waals surface area contributed by atoms with Gasteiger partial charge in [-0.2, -0.15) is 0 Å². The summed E-state index contributed by atoms with van der Waals surface area (Å²) in [6.07, 6.45) is 1.32. The van der Waals surface area contributed by atoms with Gasteiger partial charge in [-0.3, -0.25) is 4.90 Å². The molecule has 1 unspecified atom stereocenters. The highest BCUT2D eigenvalue weighted by atomic mass is 35.5. The number of hydrogen-bond acceptors (Lipinski definition) is 3. The van der Waals surface area contributed by atoms with E-state index in [-0.39, 0.29) is 12.4 Å². The number of rotatable bonds is 4. The lowest BCUT2D eigenvalue weighted by molar-refractivity contribution is 0.0933. The Morgan fingerprint density at radius 3 is 2.55 bits per heavy atom. The van der Waals surface area contributed by atoms with Crippen LogP contribution in [0.3, 0.4) is 0 Å². The molecular weight excluding hydrogens is 317 g/mol. The molecule has 2 saturated heterocycles. The van der Waals surface area contributed by atoms with Crippen LogP contribution in [0.2, 0.25) is 5.02 Å². The molecule has 0 saturated carbocycles. The van der Waals surface area contributed by atoms with Gasteiger partial charge in [-0.1, -0.05) is 30.7 Å². The maximum absolute atomic E-state index is 6.06. The van der Waals surface area contributed by atoms with Crippen molar-refractivity contribution in [3.8, 4) is 0 Å². The lowest BCUT2D eigenvalue weighted by Gasteiger charge is -2.38. The molecule has 0 radical (unpaired) electrons. The number of nitrogens with zero attached hydrogens (tertiary/aromatic N) is 2. The van der Waals surface area contributed by atoms with Gasteiger partial charge in [-0.05, 0) is 36.1 Å². The molecule has 0 spiro atoms. The molecule has 5 heteroatoms. The first-order valence-electron chi connectivity index (χ1n) is 8.03. The number of nitrogens with one attached hydrogen (secondary N) is 1. The first kappa shape index (κ1) is 18.0. The highest BCUT2D eigenvalue weighted by Gasteiger charge is 2.31. The average Bonchev–Trinajstić information content (AvgIpc) is 2.88. The number of halogens is 2. The van der Waals surface area contributed by atoms with Crippen LogP contribution in [0.1, 0.15) is 18.9 Å². The molecule has 0 aromatic heterocycles. The van der Waals surface area contributed by atoms with E-state index in [0.29, 0.717) is 5.41 Å². The largest absolute Gasteiger partial charge is 0.316 e. The summed E-state index contributed by atoms with van der Waals surface area (Å²) in [5, 5.41) is 4.34. The van der Waals surface area contributed by atoms with Gasteiger partial charge in [-0.25, -0.2) is 0 Å². The molecule has 3 rings (SSSR count). The van der Waals surface area contributed by atoms with Gasteiger partial charge >= 0.3 is 0 Å². The third-order valence-electron chi connectivity index (χ3n) is 4.82. The zero-order valence-electron chi connectivity index (χ0n) is 13.4. The Kier molecular flexibility index (Phi) is 6.54. The van der Waals surface area contributed by atoms with Gasteiger partial charge in [0.05, 0.1) is 0 Å². The van der Waals surface area contributed by atoms with Crippen LogP contribution in [0.4, 0.5) is 0 Å². The van der Waals surface area contributed by atoms with Crippen molar-refractivity contribution in [1.82, 2.24) is 15.1 Å². The summed E-state index contributed by atoms with van der Waals surface area (Å²) in [7, 11) is 0. The summed E-state index contributed by atoms with van der Waals surface area (Å²) in [6.45, 7) is 11.8. The summed E-state index contributed by atoms with van der Waals surface area (Å²) < 4.78 is 0. The Morgan fingerprint density at radius 1 is 1.18 bits per heavy atom. The van der Waals surface area contributed by atoms with Crippen LogP contribution >= 0.6 is 24.0 Å². The van der Waals surface area contributed by atoms with Crippen molar-refractivity contribution in [1.29, 1.82) is 0 Å². The van der Waals surface area contributed by atoms with E-state index >= 15 is 0 Å². The van der Waals surface area contributed by atoms with Gasteiger partial charge in [-0.15, -0.1) is 12.4 Å². The van der Waals surface area contributed by atoms with E-state index in [2.05, 4.69) is 34.2 Å². The first-order chi connectivity index (χ1) is 10.1. The Balaban J connectivity index is 0.00000176. The highest BCUT2D eigenvalue weighted by molar-refractivity contribution is 6.30. The minimum Gasteiger partial charge on any atom is -0.316 e. The Hall–Kier alpha value is -0.320. The van der Waals surface area contributed by atoms with Crippen molar-refractivity contribution in [2.75, 3.05) is 45.8 Å². The van der Waals surface area contributed by atoms with Crippen molar-refractivity contribution in [3.05, 3.63) is 34.9 Å². The summed E-state index contributed by atoms with van der Waals surface area (Å²) in [4.78, 5) is 5.18. The molecular formula is C17H27Cl2N3. The molecule has 124 valence electrons. The number of piperazine rings is 1. The molecule has 0 aliphatic carbocycles. The fourth-order valence-electron chi connectivity index (χ4n) is 3.54. The van der Waals surface area contributed by atoms with Crippen molar-refractivity contribution < 1.29 is 0 Å². The number of benzene rings is 1. The van der Waals surface area contributed by atoms with E-state index < -0.39 is 0 Å². The minimum atomic E-state index is 0. The summed E-state index contributed by atoms with van der Waals surface area (Å²) >= 11 is 6.06. The second-order valence-corrected chi connectivity index (χ2v) is 7.36. The molecule has 1 aromatic carbocycles. The molecule has 0 bridgehead atoms. The zero-order valence-corrected chi connectivity index (χ0v) is 14.9. The predicted molar refractivity (Wildman–Crippen MR) is 96.0 cm³/mol. The minimum absolute atomic E-state index is 0.